The Morgan fingerprint density at radius 1 is 1.19 bits per heavy atom. The van der Waals surface area contributed by atoms with Crippen molar-refractivity contribution in [2.45, 2.75) is 77.5 Å². The smallest absolute Gasteiger partial charge is 0.338 e. The molecule has 3 aliphatic rings. The molecular weight excluding hydrogens is 420 g/mol. The van der Waals surface area contributed by atoms with E-state index in [-0.39, 0.29) is 24.2 Å². The van der Waals surface area contributed by atoms with Gasteiger partial charge in [0.25, 0.3) is 0 Å². The molecule has 0 spiro atoms. The first kappa shape index (κ1) is 23.7. The second-order valence-corrected chi connectivity index (χ2v) is 8.63. The molecule has 5 atom stereocenters. The summed E-state index contributed by atoms with van der Waals surface area (Å²) in [4.78, 5) is 48.1. The van der Waals surface area contributed by atoms with E-state index < -0.39 is 53.9 Å². The molecule has 174 valence electrons. The standard InChI is InChI=1S/C23H28O9/c1-11(2)21(26)30-17-8-12(3)7-15(29-14(5)25)9-23(6)20(32-23)19-18(17)16(22(27)31-19)10-28-13(4)24/h7,15,17,19-20H,1,8-10H2,2-6H3/b12-7+/t15-,17-,19+,20-,23-/m1/s1. The number of epoxide rings is 1. The van der Waals surface area contributed by atoms with Gasteiger partial charge >= 0.3 is 23.9 Å². The van der Waals surface area contributed by atoms with Crippen molar-refractivity contribution in [3.05, 3.63) is 34.9 Å². The Morgan fingerprint density at radius 2 is 1.88 bits per heavy atom. The highest BCUT2D eigenvalue weighted by atomic mass is 16.7. The maximum atomic E-state index is 12.7. The third kappa shape index (κ3) is 5.09. The molecule has 0 aromatic rings. The van der Waals surface area contributed by atoms with Crippen LogP contribution in [0.5, 0.6) is 0 Å². The molecule has 1 aliphatic carbocycles. The van der Waals surface area contributed by atoms with Crippen molar-refractivity contribution < 1.29 is 42.9 Å². The molecule has 1 saturated heterocycles. The highest BCUT2D eigenvalue weighted by Gasteiger charge is 2.62. The van der Waals surface area contributed by atoms with Gasteiger partial charge in [0, 0.05) is 37.8 Å². The van der Waals surface area contributed by atoms with Crippen molar-refractivity contribution in [2.24, 2.45) is 0 Å². The van der Waals surface area contributed by atoms with Gasteiger partial charge in [-0.25, -0.2) is 9.59 Å². The van der Waals surface area contributed by atoms with Crippen LogP contribution in [0.2, 0.25) is 0 Å². The first-order valence-corrected chi connectivity index (χ1v) is 10.4. The van der Waals surface area contributed by atoms with Crippen molar-refractivity contribution in [1.82, 2.24) is 0 Å². The summed E-state index contributed by atoms with van der Waals surface area (Å²) in [5.41, 5.74) is 0.782. The van der Waals surface area contributed by atoms with Gasteiger partial charge in [-0.05, 0) is 26.8 Å². The van der Waals surface area contributed by atoms with E-state index in [4.69, 9.17) is 23.7 Å². The van der Waals surface area contributed by atoms with E-state index in [0.717, 1.165) is 5.57 Å². The lowest BCUT2D eigenvalue weighted by Gasteiger charge is -2.26. The third-order valence-corrected chi connectivity index (χ3v) is 5.62. The van der Waals surface area contributed by atoms with Gasteiger partial charge in [0.15, 0.2) is 6.10 Å². The van der Waals surface area contributed by atoms with E-state index in [1.807, 2.05) is 13.8 Å². The lowest BCUT2D eigenvalue weighted by Crippen LogP contribution is -2.35. The quantitative estimate of drug-likeness (QED) is 0.205. The van der Waals surface area contributed by atoms with E-state index in [0.29, 0.717) is 12.0 Å². The van der Waals surface area contributed by atoms with Crippen molar-refractivity contribution in [3.63, 3.8) is 0 Å². The number of carbonyl (C=O) groups is 4. The Labute approximate surface area is 186 Å². The van der Waals surface area contributed by atoms with E-state index in [1.54, 1.807) is 6.08 Å². The first-order valence-electron chi connectivity index (χ1n) is 10.4. The average molecular weight is 448 g/mol. The van der Waals surface area contributed by atoms with Gasteiger partial charge in [-0.15, -0.1) is 0 Å². The summed E-state index contributed by atoms with van der Waals surface area (Å²) < 4.78 is 27.7. The fourth-order valence-electron chi connectivity index (χ4n) is 4.13. The second-order valence-electron chi connectivity index (χ2n) is 8.63. The average Bonchev–Trinajstić information content (AvgIpc) is 3.19. The van der Waals surface area contributed by atoms with Gasteiger partial charge in [-0.1, -0.05) is 12.2 Å². The van der Waals surface area contributed by atoms with Gasteiger partial charge in [0.2, 0.25) is 0 Å². The maximum Gasteiger partial charge on any atom is 0.338 e. The zero-order valence-electron chi connectivity index (χ0n) is 18.9. The first-order chi connectivity index (χ1) is 14.9. The summed E-state index contributed by atoms with van der Waals surface area (Å²) in [6.45, 7) is 11.0. The minimum atomic E-state index is -0.887. The van der Waals surface area contributed by atoms with Crippen LogP contribution in [0.1, 0.15) is 47.5 Å². The monoisotopic (exact) mass is 448 g/mol. The van der Waals surface area contributed by atoms with Crippen LogP contribution >= 0.6 is 0 Å². The van der Waals surface area contributed by atoms with E-state index in [9.17, 15) is 19.2 Å². The second kappa shape index (κ2) is 8.90. The van der Waals surface area contributed by atoms with Gasteiger partial charge in [-0.3, -0.25) is 9.59 Å². The third-order valence-electron chi connectivity index (χ3n) is 5.62. The van der Waals surface area contributed by atoms with Crippen LogP contribution < -0.4 is 0 Å². The van der Waals surface area contributed by atoms with E-state index >= 15 is 0 Å². The molecule has 1 fully saturated rings. The Morgan fingerprint density at radius 3 is 2.47 bits per heavy atom. The number of hydrogen-bond donors (Lipinski definition) is 0. The van der Waals surface area contributed by atoms with Crippen LogP contribution in [0.15, 0.2) is 34.9 Å². The largest absolute Gasteiger partial charge is 0.461 e. The normalized spacial score (nSPS) is 33.0. The molecule has 9 heteroatoms. The Kier molecular flexibility index (Phi) is 6.59. The number of esters is 4. The van der Waals surface area contributed by atoms with Crippen molar-refractivity contribution in [2.75, 3.05) is 6.61 Å². The van der Waals surface area contributed by atoms with Crippen LogP contribution in [-0.4, -0.2) is 60.5 Å². The van der Waals surface area contributed by atoms with Gasteiger partial charge in [0.05, 0.1) is 5.57 Å². The van der Waals surface area contributed by atoms with Crippen LogP contribution in [0.4, 0.5) is 0 Å². The van der Waals surface area contributed by atoms with Gasteiger partial charge < -0.3 is 23.7 Å². The zero-order chi connectivity index (χ0) is 23.8. The number of hydrogen-bond acceptors (Lipinski definition) is 9. The lowest BCUT2D eigenvalue weighted by molar-refractivity contribution is -0.145. The minimum Gasteiger partial charge on any atom is -0.461 e. The van der Waals surface area contributed by atoms with Gasteiger partial charge in [0.1, 0.15) is 30.5 Å². The van der Waals surface area contributed by atoms with Crippen LogP contribution in [0, 0.1) is 0 Å². The summed E-state index contributed by atoms with van der Waals surface area (Å²) >= 11 is 0. The number of ether oxygens (including phenoxy) is 5. The summed E-state index contributed by atoms with van der Waals surface area (Å²) in [6.07, 6.45) is -0.434. The molecule has 0 bridgehead atoms. The molecule has 0 aromatic carbocycles. The highest BCUT2D eigenvalue weighted by molar-refractivity contribution is 5.94. The maximum absolute atomic E-state index is 12.7. The van der Waals surface area contributed by atoms with E-state index in [2.05, 4.69) is 6.58 Å². The van der Waals surface area contributed by atoms with Crippen LogP contribution in [0.3, 0.4) is 0 Å². The predicted octanol–water partition coefficient (Wildman–Crippen LogP) is 2.09. The Balaban J connectivity index is 2.07. The number of carbonyl (C=O) groups excluding carboxylic acids is 4. The molecule has 32 heavy (non-hydrogen) atoms. The molecule has 0 N–H and O–H groups in total. The predicted molar refractivity (Wildman–Crippen MR) is 110 cm³/mol. The Hall–Kier alpha value is -2.94. The molecule has 0 unspecified atom stereocenters. The summed E-state index contributed by atoms with van der Waals surface area (Å²) in [5.74, 6) is -2.28. The van der Waals surface area contributed by atoms with Gasteiger partial charge in [-0.2, -0.15) is 0 Å². The van der Waals surface area contributed by atoms with Crippen molar-refractivity contribution >= 4 is 23.9 Å². The number of fused-ring (bicyclic) bond motifs is 3. The molecule has 9 nitrogen and oxygen atoms in total. The minimum absolute atomic E-state index is 0.132. The molecular formula is C23H28O9. The highest BCUT2D eigenvalue weighted by Crippen LogP contribution is 2.49. The molecule has 0 amide bonds. The molecule has 0 aromatic heterocycles. The zero-order valence-corrected chi connectivity index (χ0v) is 18.9. The summed E-state index contributed by atoms with van der Waals surface area (Å²) in [7, 11) is 0. The SMILES string of the molecule is C=C(C)C(=O)O[C@@H]1C/C(C)=C/[C@@H](OC(C)=O)C[C@@]2(C)O[C@@H]2[C@H]2OC(=O)C(COC(C)=O)=C12. The summed E-state index contributed by atoms with van der Waals surface area (Å²) in [6, 6.07) is 0. The van der Waals surface area contributed by atoms with Crippen molar-refractivity contribution in [3.8, 4) is 0 Å². The fraction of sp³-hybridized carbons (Fsp3) is 0.565. The van der Waals surface area contributed by atoms with Crippen LogP contribution in [0.25, 0.3) is 0 Å². The van der Waals surface area contributed by atoms with Crippen LogP contribution in [-0.2, 0) is 42.9 Å². The molecule has 0 saturated carbocycles. The molecule has 2 aliphatic heterocycles. The lowest BCUT2D eigenvalue weighted by atomic mass is 9.86. The molecule has 0 radical (unpaired) electrons. The molecule has 3 rings (SSSR count). The fourth-order valence-corrected chi connectivity index (χ4v) is 4.13. The van der Waals surface area contributed by atoms with E-state index in [1.165, 1.54) is 20.8 Å². The number of rotatable bonds is 5. The van der Waals surface area contributed by atoms with Crippen molar-refractivity contribution in [1.29, 1.82) is 0 Å². The topological polar surface area (TPSA) is 118 Å². The molecule has 2 heterocycles. The Bertz CT molecular complexity index is 928. The summed E-state index contributed by atoms with van der Waals surface area (Å²) in [5, 5.41) is 0.